The number of aromatic nitrogens is 2. The Morgan fingerprint density at radius 1 is 1.70 bits per heavy atom. The summed E-state index contributed by atoms with van der Waals surface area (Å²) in [6.45, 7) is 2.20. The molecule has 1 N–H and O–H groups in total. The molecule has 0 unspecified atom stereocenters. The van der Waals surface area contributed by atoms with Crippen LogP contribution in [0.1, 0.15) is 19.8 Å². The monoisotopic (exact) mass is 155 g/mol. The SMILES string of the molecule is CC1(Nc2nncs2)CC1. The molecule has 4 heteroatoms. The van der Waals surface area contributed by atoms with E-state index in [-0.39, 0.29) is 0 Å². The van der Waals surface area contributed by atoms with Gasteiger partial charge in [-0.3, -0.25) is 0 Å². The zero-order valence-corrected chi connectivity index (χ0v) is 6.61. The molecule has 0 amide bonds. The molecular formula is C6H9N3S. The highest BCUT2D eigenvalue weighted by Crippen LogP contribution is 2.38. The Labute approximate surface area is 63.5 Å². The Kier molecular flexibility index (Phi) is 1.17. The predicted octanol–water partition coefficient (Wildman–Crippen LogP) is 1.50. The third-order valence-electron chi connectivity index (χ3n) is 1.77. The van der Waals surface area contributed by atoms with Crippen molar-refractivity contribution in [1.29, 1.82) is 0 Å². The van der Waals surface area contributed by atoms with Crippen LogP contribution < -0.4 is 5.32 Å². The van der Waals surface area contributed by atoms with E-state index in [0.29, 0.717) is 5.54 Å². The van der Waals surface area contributed by atoms with Gasteiger partial charge in [0.1, 0.15) is 5.51 Å². The molecule has 1 aliphatic carbocycles. The van der Waals surface area contributed by atoms with E-state index < -0.39 is 0 Å². The second-order valence-corrected chi connectivity index (χ2v) is 3.76. The Morgan fingerprint density at radius 2 is 2.50 bits per heavy atom. The Morgan fingerprint density at radius 3 is 3.00 bits per heavy atom. The zero-order valence-electron chi connectivity index (χ0n) is 5.79. The molecule has 0 aliphatic heterocycles. The molecular weight excluding hydrogens is 146 g/mol. The summed E-state index contributed by atoms with van der Waals surface area (Å²) in [5, 5.41) is 11.9. The Hall–Kier alpha value is -0.640. The Bertz CT molecular complexity index is 215. The molecule has 0 atom stereocenters. The minimum atomic E-state index is 0.333. The van der Waals surface area contributed by atoms with Crippen LogP contribution >= 0.6 is 11.3 Å². The van der Waals surface area contributed by atoms with Crippen molar-refractivity contribution in [1.82, 2.24) is 10.2 Å². The second kappa shape index (κ2) is 1.92. The van der Waals surface area contributed by atoms with Crippen LogP contribution in [-0.2, 0) is 0 Å². The lowest BCUT2D eigenvalue weighted by Crippen LogP contribution is -2.15. The molecule has 10 heavy (non-hydrogen) atoms. The smallest absolute Gasteiger partial charge is 0.205 e. The molecule has 54 valence electrons. The maximum atomic E-state index is 3.90. The molecule has 0 spiro atoms. The van der Waals surface area contributed by atoms with Gasteiger partial charge in [0.2, 0.25) is 5.13 Å². The van der Waals surface area contributed by atoms with Gasteiger partial charge in [0, 0.05) is 5.54 Å². The number of hydrogen-bond donors (Lipinski definition) is 1. The van der Waals surface area contributed by atoms with E-state index in [0.717, 1.165) is 5.13 Å². The first-order valence-electron chi connectivity index (χ1n) is 3.33. The van der Waals surface area contributed by atoms with Crippen LogP contribution in [-0.4, -0.2) is 15.7 Å². The molecule has 1 aliphatic rings. The zero-order chi connectivity index (χ0) is 7.03. The summed E-state index contributed by atoms with van der Waals surface area (Å²) in [7, 11) is 0. The first-order valence-corrected chi connectivity index (χ1v) is 4.21. The highest BCUT2D eigenvalue weighted by Gasteiger charge is 2.37. The first-order chi connectivity index (χ1) is 4.79. The summed E-state index contributed by atoms with van der Waals surface area (Å²) in [6, 6.07) is 0. The molecule has 1 saturated carbocycles. The van der Waals surface area contributed by atoms with Crippen molar-refractivity contribution in [3.05, 3.63) is 5.51 Å². The topological polar surface area (TPSA) is 37.8 Å². The quantitative estimate of drug-likeness (QED) is 0.703. The van der Waals surface area contributed by atoms with E-state index in [1.165, 1.54) is 12.8 Å². The van der Waals surface area contributed by atoms with E-state index >= 15 is 0 Å². The van der Waals surface area contributed by atoms with Crippen LogP contribution in [0.5, 0.6) is 0 Å². The van der Waals surface area contributed by atoms with E-state index in [1.54, 1.807) is 16.8 Å². The van der Waals surface area contributed by atoms with Gasteiger partial charge in [-0.2, -0.15) is 0 Å². The largest absolute Gasteiger partial charge is 0.355 e. The van der Waals surface area contributed by atoms with Gasteiger partial charge in [-0.1, -0.05) is 11.3 Å². The van der Waals surface area contributed by atoms with E-state index in [9.17, 15) is 0 Å². The number of hydrogen-bond acceptors (Lipinski definition) is 4. The van der Waals surface area contributed by atoms with Crippen LogP contribution in [0.4, 0.5) is 5.13 Å². The first kappa shape index (κ1) is 6.09. The molecule has 2 rings (SSSR count). The third kappa shape index (κ3) is 1.11. The molecule has 0 radical (unpaired) electrons. The van der Waals surface area contributed by atoms with Crippen LogP contribution in [0, 0.1) is 0 Å². The van der Waals surface area contributed by atoms with E-state index in [4.69, 9.17) is 0 Å². The average molecular weight is 155 g/mol. The van der Waals surface area contributed by atoms with Crippen LogP contribution in [0.15, 0.2) is 5.51 Å². The minimum absolute atomic E-state index is 0.333. The van der Waals surface area contributed by atoms with Gasteiger partial charge in [0.25, 0.3) is 0 Å². The summed E-state index contributed by atoms with van der Waals surface area (Å²) < 4.78 is 0. The van der Waals surface area contributed by atoms with Crippen LogP contribution in [0.2, 0.25) is 0 Å². The Balaban J connectivity index is 2.04. The minimum Gasteiger partial charge on any atom is -0.355 e. The fourth-order valence-corrected chi connectivity index (χ4v) is 1.39. The molecule has 1 heterocycles. The maximum absolute atomic E-state index is 3.90. The predicted molar refractivity (Wildman–Crippen MR) is 41.2 cm³/mol. The fourth-order valence-electron chi connectivity index (χ4n) is 0.798. The van der Waals surface area contributed by atoms with Gasteiger partial charge in [-0.05, 0) is 19.8 Å². The van der Waals surface area contributed by atoms with Crippen molar-refractivity contribution in [3.8, 4) is 0 Å². The average Bonchev–Trinajstić information content (AvgIpc) is 2.47. The van der Waals surface area contributed by atoms with Gasteiger partial charge in [-0.15, -0.1) is 10.2 Å². The summed E-state index contributed by atoms with van der Waals surface area (Å²) in [5.41, 5.74) is 2.08. The third-order valence-corrected chi connectivity index (χ3v) is 2.38. The second-order valence-electron chi connectivity index (χ2n) is 2.93. The molecule has 1 aromatic heterocycles. The number of rotatable bonds is 2. The number of nitrogens with zero attached hydrogens (tertiary/aromatic N) is 2. The lowest BCUT2D eigenvalue weighted by molar-refractivity contribution is 0.821. The summed E-state index contributed by atoms with van der Waals surface area (Å²) >= 11 is 1.56. The molecule has 0 aromatic carbocycles. The van der Waals surface area contributed by atoms with Gasteiger partial charge in [0.15, 0.2) is 0 Å². The van der Waals surface area contributed by atoms with Crippen LogP contribution in [0.25, 0.3) is 0 Å². The fraction of sp³-hybridized carbons (Fsp3) is 0.667. The van der Waals surface area contributed by atoms with Gasteiger partial charge in [-0.25, -0.2) is 0 Å². The van der Waals surface area contributed by atoms with Gasteiger partial charge in [0.05, 0.1) is 0 Å². The number of nitrogens with one attached hydrogen (secondary N) is 1. The van der Waals surface area contributed by atoms with Crippen molar-refractivity contribution >= 4 is 16.5 Å². The van der Waals surface area contributed by atoms with Crippen molar-refractivity contribution in [2.24, 2.45) is 0 Å². The highest BCUT2D eigenvalue weighted by molar-refractivity contribution is 7.13. The molecule has 1 fully saturated rings. The summed E-state index contributed by atoms with van der Waals surface area (Å²) in [5.74, 6) is 0. The summed E-state index contributed by atoms with van der Waals surface area (Å²) in [6.07, 6.45) is 2.51. The normalized spacial score (nSPS) is 20.5. The lowest BCUT2D eigenvalue weighted by atomic mass is 10.3. The van der Waals surface area contributed by atoms with Gasteiger partial charge >= 0.3 is 0 Å². The molecule has 0 saturated heterocycles. The lowest BCUT2D eigenvalue weighted by Gasteiger charge is -2.07. The van der Waals surface area contributed by atoms with E-state index in [2.05, 4.69) is 22.4 Å². The molecule has 1 aromatic rings. The van der Waals surface area contributed by atoms with Gasteiger partial charge < -0.3 is 5.32 Å². The van der Waals surface area contributed by atoms with Crippen molar-refractivity contribution < 1.29 is 0 Å². The summed E-state index contributed by atoms with van der Waals surface area (Å²) in [4.78, 5) is 0. The van der Waals surface area contributed by atoms with E-state index in [1.807, 2.05) is 0 Å². The molecule has 3 nitrogen and oxygen atoms in total. The van der Waals surface area contributed by atoms with Crippen LogP contribution in [0.3, 0.4) is 0 Å². The van der Waals surface area contributed by atoms with Crippen molar-refractivity contribution in [3.63, 3.8) is 0 Å². The molecule has 0 bridgehead atoms. The standard InChI is InChI=1S/C6H9N3S/c1-6(2-3-6)8-5-9-7-4-10-5/h4H,2-3H2,1H3,(H,8,9). The van der Waals surface area contributed by atoms with Crippen molar-refractivity contribution in [2.45, 2.75) is 25.3 Å². The van der Waals surface area contributed by atoms with Crippen molar-refractivity contribution in [2.75, 3.05) is 5.32 Å². The maximum Gasteiger partial charge on any atom is 0.205 e. The highest BCUT2D eigenvalue weighted by atomic mass is 32.1. The number of anilines is 1.